The van der Waals surface area contributed by atoms with E-state index in [0.717, 1.165) is 74.1 Å². The second-order valence-corrected chi connectivity index (χ2v) is 7.12. The molecule has 2 N–H and O–H groups in total. The van der Waals surface area contributed by atoms with Crippen LogP contribution in [0.25, 0.3) is 11.0 Å². The van der Waals surface area contributed by atoms with Crippen LogP contribution in [-0.4, -0.2) is 67.5 Å². The standard InChI is InChI=1S/C21H31N5O2.HI/c1-4-22-21(23-9-10-25-11-13-26(14-12-25)17(3)27)24-15-20-16(2)18-7-5-6-8-19(18)28-20;/h5-8H,4,9-15H2,1-3H3,(H2,22,23,24);1H. The van der Waals surface area contributed by atoms with Gasteiger partial charge in [-0.15, -0.1) is 24.0 Å². The predicted molar refractivity (Wildman–Crippen MR) is 128 cm³/mol. The summed E-state index contributed by atoms with van der Waals surface area (Å²) in [6.45, 7) is 12.3. The van der Waals surface area contributed by atoms with Gasteiger partial charge in [-0.1, -0.05) is 18.2 Å². The molecule has 1 aromatic heterocycles. The molecule has 29 heavy (non-hydrogen) atoms. The Morgan fingerprint density at radius 1 is 1.17 bits per heavy atom. The Balaban J connectivity index is 0.00000300. The van der Waals surface area contributed by atoms with Gasteiger partial charge in [-0.25, -0.2) is 4.99 Å². The van der Waals surface area contributed by atoms with Crippen molar-refractivity contribution in [3.05, 3.63) is 35.6 Å². The highest BCUT2D eigenvalue weighted by molar-refractivity contribution is 14.0. The van der Waals surface area contributed by atoms with Crippen molar-refractivity contribution >= 4 is 46.8 Å². The minimum Gasteiger partial charge on any atom is -0.459 e. The van der Waals surface area contributed by atoms with Crippen molar-refractivity contribution in [2.45, 2.75) is 27.3 Å². The van der Waals surface area contributed by atoms with Gasteiger partial charge in [0.05, 0.1) is 0 Å². The molecule has 2 aromatic rings. The fraction of sp³-hybridized carbons (Fsp3) is 0.524. The lowest BCUT2D eigenvalue weighted by Gasteiger charge is -2.34. The summed E-state index contributed by atoms with van der Waals surface area (Å²) in [5, 5.41) is 7.84. The fourth-order valence-corrected chi connectivity index (χ4v) is 3.49. The van der Waals surface area contributed by atoms with Crippen LogP contribution >= 0.6 is 24.0 Å². The van der Waals surface area contributed by atoms with Gasteiger partial charge in [0.25, 0.3) is 0 Å². The van der Waals surface area contributed by atoms with E-state index in [1.807, 2.05) is 23.1 Å². The van der Waals surface area contributed by atoms with Gasteiger partial charge in [0.1, 0.15) is 17.9 Å². The third-order valence-corrected chi connectivity index (χ3v) is 5.21. The molecule has 1 amide bonds. The first-order valence-electron chi connectivity index (χ1n) is 10.1. The normalized spacial score (nSPS) is 15.3. The van der Waals surface area contributed by atoms with E-state index < -0.39 is 0 Å². The summed E-state index contributed by atoms with van der Waals surface area (Å²) in [6.07, 6.45) is 0. The number of amides is 1. The Morgan fingerprint density at radius 2 is 1.90 bits per heavy atom. The molecule has 0 radical (unpaired) electrons. The topological polar surface area (TPSA) is 73.1 Å². The summed E-state index contributed by atoms with van der Waals surface area (Å²) in [6, 6.07) is 8.08. The molecule has 1 fully saturated rings. The van der Waals surface area contributed by atoms with Crippen molar-refractivity contribution in [2.24, 2.45) is 4.99 Å². The molecule has 0 atom stereocenters. The largest absolute Gasteiger partial charge is 0.459 e. The van der Waals surface area contributed by atoms with E-state index in [1.54, 1.807) is 6.92 Å². The number of nitrogens with one attached hydrogen (secondary N) is 2. The Morgan fingerprint density at radius 3 is 2.55 bits per heavy atom. The number of furan rings is 1. The fourth-order valence-electron chi connectivity index (χ4n) is 3.49. The molecule has 0 spiro atoms. The Labute approximate surface area is 189 Å². The summed E-state index contributed by atoms with van der Waals surface area (Å²) in [5.41, 5.74) is 2.06. The Bertz CT molecular complexity index is 828. The van der Waals surface area contributed by atoms with Crippen molar-refractivity contribution in [2.75, 3.05) is 45.8 Å². The zero-order valence-corrected chi connectivity index (χ0v) is 19.9. The number of rotatable bonds is 6. The number of piperazine rings is 1. The van der Waals surface area contributed by atoms with Crippen molar-refractivity contribution in [1.29, 1.82) is 0 Å². The van der Waals surface area contributed by atoms with E-state index >= 15 is 0 Å². The van der Waals surface area contributed by atoms with Crippen LogP contribution in [0, 0.1) is 6.92 Å². The molecule has 2 heterocycles. The number of guanidine groups is 1. The van der Waals surface area contributed by atoms with Crippen LogP contribution in [-0.2, 0) is 11.3 Å². The van der Waals surface area contributed by atoms with Gasteiger partial charge < -0.3 is 20.0 Å². The average molecular weight is 513 g/mol. The zero-order chi connectivity index (χ0) is 19.9. The number of halogens is 1. The van der Waals surface area contributed by atoms with Gasteiger partial charge in [0.2, 0.25) is 5.91 Å². The first-order valence-corrected chi connectivity index (χ1v) is 10.1. The first kappa shape index (κ1) is 23.5. The number of benzene rings is 1. The van der Waals surface area contributed by atoms with Crippen LogP contribution in [0.1, 0.15) is 25.2 Å². The minimum atomic E-state index is 0. The molecule has 0 unspecified atom stereocenters. The molecule has 0 bridgehead atoms. The lowest BCUT2D eigenvalue weighted by atomic mass is 10.1. The second-order valence-electron chi connectivity index (χ2n) is 7.12. The number of aryl methyl sites for hydroxylation is 1. The molecule has 1 saturated heterocycles. The SMILES string of the molecule is CCNC(=NCc1oc2ccccc2c1C)NCCN1CCN(C(C)=O)CC1.I. The van der Waals surface area contributed by atoms with Gasteiger partial charge in [-0.05, 0) is 19.9 Å². The molecule has 1 aliphatic heterocycles. The highest BCUT2D eigenvalue weighted by Gasteiger charge is 2.18. The molecular formula is C21H32IN5O2. The molecule has 7 nitrogen and oxygen atoms in total. The van der Waals surface area contributed by atoms with E-state index in [-0.39, 0.29) is 29.9 Å². The maximum absolute atomic E-state index is 11.4. The molecule has 1 aliphatic rings. The molecule has 0 aliphatic carbocycles. The van der Waals surface area contributed by atoms with Crippen LogP contribution in [0.2, 0.25) is 0 Å². The molecule has 8 heteroatoms. The van der Waals surface area contributed by atoms with Crippen molar-refractivity contribution in [3.8, 4) is 0 Å². The van der Waals surface area contributed by atoms with Crippen LogP contribution < -0.4 is 10.6 Å². The van der Waals surface area contributed by atoms with E-state index in [2.05, 4.69) is 40.4 Å². The first-order chi connectivity index (χ1) is 13.6. The maximum Gasteiger partial charge on any atom is 0.219 e. The van der Waals surface area contributed by atoms with E-state index in [1.165, 1.54) is 0 Å². The molecule has 160 valence electrons. The molecule has 0 saturated carbocycles. The quantitative estimate of drug-likeness (QED) is 0.353. The third-order valence-electron chi connectivity index (χ3n) is 5.21. The van der Waals surface area contributed by atoms with Gasteiger partial charge in [-0.3, -0.25) is 9.69 Å². The minimum absolute atomic E-state index is 0. The predicted octanol–water partition coefficient (Wildman–Crippen LogP) is 2.58. The highest BCUT2D eigenvalue weighted by Crippen LogP contribution is 2.25. The molecule has 1 aromatic carbocycles. The van der Waals surface area contributed by atoms with E-state index in [4.69, 9.17) is 4.42 Å². The van der Waals surface area contributed by atoms with Gasteiger partial charge in [0.15, 0.2) is 5.96 Å². The zero-order valence-electron chi connectivity index (χ0n) is 17.5. The van der Waals surface area contributed by atoms with Crippen LogP contribution in [0.15, 0.2) is 33.7 Å². The monoisotopic (exact) mass is 513 g/mol. The van der Waals surface area contributed by atoms with Gasteiger partial charge in [0, 0.05) is 63.7 Å². The van der Waals surface area contributed by atoms with Crippen molar-refractivity contribution < 1.29 is 9.21 Å². The third kappa shape index (κ3) is 6.33. The number of fused-ring (bicyclic) bond motifs is 1. The number of para-hydroxylation sites is 1. The van der Waals surface area contributed by atoms with Crippen molar-refractivity contribution in [3.63, 3.8) is 0 Å². The number of carbonyl (C=O) groups is 1. The molecule has 3 rings (SSSR count). The number of aliphatic imine (C=N–C) groups is 1. The van der Waals surface area contributed by atoms with Crippen molar-refractivity contribution in [1.82, 2.24) is 20.4 Å². The molecular weight excluding hydrogens is 481 g/mol. The lowest BCUT2D eigenvalue weighted by molar-refractivity contribution is -0.130. The number of hydrogen-bond acceptors (Lipinski definition) is 4. The summed E-state index contributed by atoms with van der Waals surface area (Å²) in [5.74, 6) is 1.86. The number of nitrogens with zero attached hydrogens (tertiary/aromatic N) is 3. The second kappa shape index (κ2) is 11.4. The Kier molecular flexibility index (Phi) is 9.22. The number of carbonyl (C=O) groups excluding carboxylic acids is 1. The highest BCUT2D eigenvalue weighted by atomic mass is 127. The van der Waals surface area contributed by atoms with E-state index in [9.17, 15) is 4.79 Å². The summed E-state index contributed by atoms with van der Waals surface area (Å²) < 4.78 is 5.95. The van der Waals surface area contributed by atoms with Crippen LogP contribution in [0.5, 0.6) is 0 Å². The van der Waals surface area contributed by atoms with Crippen LogP contribution in [0.3, 0.4) is 0 Å². The smallest absolute Gasteiger partial charge is 0.219 e. The lowest BCUT2D eigenvalue weighted by Crippen LogP contribution is -2.50. The van der Waals surface area contributed by atoms with Gasteiger partial charge >= 0.3 is 0 Å². The average Bonchev–Trinajstić information content (AvgIpc) is 3.02. The summed E-state index contributed by atoms with van der Waals surface area (Å²) >= 11 is 0. The summed E-state index contributed by atoms with van der Waals surface area (Å²) in [4.78, 5) is 20.4. The number of hydrogen-bond donors (Lipinski definition) is 2. The maximum atomic E-state index is 11.4. The van der Waals surface area contributed by atoms with Crippen LogP contribution in [0.4, 0.5) is 0 Å². The van der Waals surface area contributed by atoms with E-state index in [0.29, 0.717) is 6.54 Å². The van der Waals surface area contributed by atoms with Gasteiger partial charge in [-0.2, -0.15) is 0 Å². The Hall–Kier alpha value is -1.81. The summed E-state index contributed by atoms with van der Waals surface area (Å²) in [7, 11) is 0.